The lowest BCUT2D eigenvalue weighted by atomic mass is 10.1. The van der Waals surface area contributed by atoms with Crippen molar-refractivity contribution in [3.8, 4) is 0 Å². The van der Waals surface area contributed by atoms with Gasteiger partial charge in [-0.15, -0.1) is 0 Å². The lowest BCUT2D eigenvalue weighted by molar-refractivity contribution is -0.105. The van der Waals surface area contributed by atoms with Gasteiger partial charge in [-0.3, -0.25) is 4.79 Å². The SMILES string of the molecule is Cc1cc(N2CCSCC2)ccc1NC=O. The molecule has 1 aliphatic rings. The van der Waals surface area contributed by atoms with Crippen molar-refractivity contribution in [2.45, 2.75) is 6.92 Å². The molecule has 2 rings (SSSR count). The van der Waals surface area contributed by atoms with Crippen LogP contribution in [0.3, 0.4) is 0 Å². The molecule has 0 aromatic heterocycles. The summed E-state index contributed by atoms with van der Waals surface area (Å²) >= 11 is 2.01. The van der Waals surface area contributed by atoms with Gasteiger partial charge in [0.05, 0.1) is 0 Å². The van der Waals surface area contributed by atoms with E-state index < -0.39 is 0 Å². The molecule has 0 saturated carbocycles. The van der Waals surface area contributed by atoms with Crippen LogP contribution in [0.15, 0.2) is 18.2 Å². The highest BCUT2D eigenvalue weighted by Crippen LogP contribution is 2.24. The number of hydrogen-bond acceptors (Lipinski definition) is 3. The van der Waals surface area contributed by atoms with Crippen molar-refractivity contribution in [2.75, 3.05) is 34.8 Å². The van der Waals surface area contributed by atoms with Crippen LogP contribution in [-0.2, 0) is 4.79 Å². The van der Waals surface area contributed by atoms with Gasteiger partial charge in [-0.1, -0.05) is 0 Å². The maximum Gasteiger partial charge on any atom is 0.211 e. The quantitative estimate of drug-likeness (QED) is 0.816. The Bertz CT molecular complexity index is 375. The average molecular weight is 236 g/mol. The van der Waals surface area contributed by atoms with Crippen molar-refractivity contribution < 1.29 is 4.79 Å². The molecule has 0 aliphatic carbocycles. The van der Waals surface area contributed by atoms with Gasteiger partial charge in [0.15, 0.2) is 0 Å². The first-order valence-corrected chi connectivity index (χ1v) is 6.60. The molecule has 4 heteroatoms. The fourth-order valence-corrected chi connectivity index (χ4v) is 2.79. The number of aryl methyl sites for hydroxylation is 1. The Kier molecular flexibility index (Phi) is 3.72. The van der Waals surface area contributed by atoms with E-state index in [1.54, 1.807) is 0 Å². The number of anilines is 2. The number of amides is 1. The summed E-state index contributed by atoms with van der Waals surface area (Å²) in [5.74, 6) is 2.40. The third-order valence-corrected chi connectivity index (χ3v) is 3.74. The molecular weight excluding hydrogens is 220 g/mol. The minimum absolute atomic E-state index is 0.722. The number of nitrogens with one attached hydrogen (secondary N) is 1. The van der Waals surface area contributed by atoms with Crippen molar-refractivity contribution in [1.82, 2.24) is 0 Å². The van der Waals surface area contributed by atoms with E-state index in [9.17, 15) is 4.79 Å². The summed E-state index contributed by atoms with van der Waals surface area (Å²) in [5.41, 5.74) is 3.27. The average Bonchev–Trinajstić information content (AvgIpc) is 2.33. The van der Waals surface area contributed by atoms with Crippen LogP contribution in [-0.4, -0.2) is 31.0 Å². The summed E-state index contributed by atoms with van der Waals surface area (Å²) in [7, 11) is 0. The van der Waals surface area contributed by atoms with E-state index in [4.69, 9.17) is 0 Å². The fraction of sp³-hybridized carbons (Fsp3) is 0.417. The first kappa shape index (κ1) is 11.3. The number of carbonyl (C=O) groups excluding carboxylic acids is 1. The van der Waals surface area contributed by atoms with E-state index >= 15 is 0 Å². The van der Waals surface area contributed by atoms with E-state index in [-0.39, 0.29) is 0 Å². The van der Waals surface area contributed by atoms with Crippen LogP contribution in [0.2, 0.25) is 0 Å². The molecule has 3 nitrogen and oxygen atoms in total. The minimum atomic E-state index is 0.722. The Labute approximate surface area is 100 Å². The molecule has 1 N–H and O–H groups in total. The van der Waals surface area contributed by atoms with E-state index in [1.165, 1.54) is 17.2 Å². The number of nitrogens with zero attached hydrogens (tertiary/aromatic N) is 1. The molecule has 1 saturated heterocycles. The molecule has 1 amide bonds. The molecule has 1 aromatic rings. The summed E-state index contributed by atoms with van der Waals surface area (Å²) in [6, 6.07) is 6.19. The third kappa shape index (κ3) is 2.50. The standard InChI is InChI=1S/C12H16N2OS/c1-10-8-11(2-3-12(10)13-9-15)14-4-6-16-7-5-14/h2-3,8-9H,4-7H2,1H3,(H,13,15). The van der Waals surface area contributed by atoms with Crippen LogP contribution < -0.4 is 10.2 Å². The van der Waals surface area contributed by atoms with Crippen LogP contribution in [0.5, 0.6) is 0 Å². The van der Waals surface area contributed by atoms with Gasteiger partial charge in [0.1, 0.15) is 0 Å². The molecule has 1 heterocycles. The zero-order chi connectivity index (χ0) is 11.4. The van der Waals surface area contributed by atoms with Crippen LogP contribution in [0, 0.1) is 6.92 Å². The number of benzene rings is 1. The van der Waals surface area contributed by atoms with E-state index in [2.05, 4.69) is 22.3 Å². The monoisotopic (exact) mass is 236 g/mol. The van der Waals surface area contributed by atoms with Gasteiger partial charge in [-0.25, -0.2) is 0 Å². The summed E-state index contributed by atoms with van der Waals surface area (Å²) in [6.07, 6.45) is 0.722. The Morgan fingerprint density at radius 1 is 1.38 bits per heavy atom. The zero-order valence-corrected chi connectivity index (χ0v) is 10.2. The summed E-state index contributed by atoms with van der Waals surface area (Å²) < 4.78 is 0. The predicted octanol–water partition coefficient (Wildman–Crippen LogP) is 2.12. The predicted molar refractivity (Wildman–Crippen MR) is 70.4 cm³/mol. The van der Waals surface area contributed by atoms with Crippen LogP contribution in [0.1, 0.15) is 5.56 Å². The number of thioether (sulfide) groups is 1. The molecule has 0 bridgehead atoms. The van der Waals surface area contributed by atoms with Gasteiger partial charge in [-0.05, 0) is 30.7 Å². The Hall–Kier alpha value is -1.16. The summed E-state index contributed by atoms with van der Waals surface area (Å²) in [5, 5.41) is 2.70. The normalized spacial score (nSPS) is 15.9. The van der Waals surface area contributed by atoms with Crippen molar-refractivity contribution in [1.29, 1.82) is 0 Å². The van der Waals surface area contributed by atoms with Crippen molar-refractivity contribution >= 4 is 29.5 Å². The Balaban J connectivity index is 2.16. The maximum absolute atomic E-state index is 10.4. The molecule has 86 valence electrons. The molecule has 0 atom stereocenters. The molecule has 0 spiro atoms. The van der Waals surface area contributed by atoms with Gasteiger partial charge >= 0.3 is 0 Å². The molecule has 1 fully saturated rings. The Morgan fingerprint density at radius 3 is 2.75 bits per heavy atom. The highest BCUT2D eigenvalue weighted by Gasteiger charge is 2.11. The Morgan fingerprint density at radius 2 is 2.12 bits per heavy atom. The van der Waals surface area contributed by atoms with E-state index in [1.807, 2.05) is 24.8 Å². The largest absolute Gasteiger partial charge is 0.370 e. The molecule has 16 heavy (non-hydrogen) atoms. The van der Waals surface area contributed by atoms with Gasteiger partial charge in [-0.2, -0.15) is 11.8 Å². The molecule has 0 unspecified atom stereocenters. The number of carbonyl (C=O) groups is 1. The summed E-state index contributed by atoms with van der Waals surface area (Å²) in [6.45, 7) is 4.25. The van der Waals surface area contributed by atoms with Gasteiger partial charge in [0.2, 0.25) is 6.41 Å². The van der Waals surface area contributed by atoms with Crippen molar-refractivity contribution in [3.63, 3.8) is 0 Å². The third-order valence-electron chi connectivity index (χ3n) is 2.80. The van der Waals surface area contributed by atoms with E-state index in [0.29, 0.717) is 0 Å². The van der Waals surface area contributed by atoms with Crippen molar-refractivity contribution in [2.24, 2.45) is 0 Å². The summed E-state index contributed by atoms with van der Waals surface area (Å²) in [4.78, 5) is 12.8. The van der Waals surface area contributed by atoms with E-state index in [0.717, 1.165) is 30.8 Å². The number of hydrogen-bond donors (Lipinski definition) is 1. The highest BCUT2D eigenvalue weighted by atomic mass is 32.2. The first-order valence-electron chi connectivity index (χ1n) is 5.45. The lowest BCUT2D eigenvalue weighted by Crippen LogP contribution is -2.32. The second-order valence-corrected chi connectivity index (χ2v) is 5.09. The molecule has 1 aliphatic heterocycles. The highest BCUT2D eigenvalue weighted by molar-refractivity contribution is 7.99. The van der Waals surface area contributed by atoms with Gasteiger partial charge in [0.25, 0.3) is 0 Å². The topological polar surface area (TPSA) is 32.3 Å². The van der Waals surface area contributed by atoms with Crippen molar-refractivity contribution in [3.05, 3.63) is 23.8 Å². The molecular formula is C12H16N2OS. The van der Waals surface area contributed by atoms with Gasteiger partial charge < -0.3 is 10.2 Å². The number of rotatable bonds is 3. The van der Waals surface area contributed by atoms with Crippen LogP contribution >= 0.6 is 11.8 Å². The van der Waals surface area contributed by atoms with Crippen LogP contribution in [0.4, 0.5) is 11.4 Å². The first-order chi connectivity index (χ1) is 7.81. The smallest absolute Gasteiger partial charge is 0.211 e. The fourth-order valence-electron chi connectivity index (χ4n) is 1.89. The van der Waals surface area contributed by atoms with Gasteiger partial charge in [0, 0.05) is 36.0 Å². The molecule has 1 aromatic carbocycles. The zero-order valence-electron chi connectivity index (χ0n) is 9.40. The second-order valence-electron chi connectivity index (χ2n) is 3.86. The molecule has 0 radical (unpaired) electrons. The lowest BCUT2D eigenvalue weighted by Gasteiger charge is -2.29. The second kappa shape index (κ2) is 5.25. The minimum Gasteiger partial charge on any atom is -0.370 e. The van der Waals surface area contributed by atoms with Crippen LogP contribution in [0.25, 0.3) is 0 Å². The maximum atomic E-state index is 10.4.